The zero-order chi connectivity index (χ0) is 13.8. The average molecular weight is 270 g/mol. The van der Waals surface area contributed by atoms with Crippen molar-refractivity contribution < 1.29 is 14.7 Å². The van der Waals surface area contributed by atoms with Crippen LogP contribution in [0.5, 0.6) is 0 Å². The number of amides is 1. The summed E-state index contributed by atoms with van der Waals surface area (Å²) in [5.41, 5.74) is 6.56. The molecular weight excluding hydrogens is 252 g/mol. The number of hydrogen-bond acceptors (Lipinski definition) is 4. The van der Waals surface area contributed by atoms with Gasteiger partial charge in [0, 0.05) is 5.25 Å². The number of rotatable bonds is 1. The highest BCUT2D eigenvalue weighted by Gasteiger charge is 2.54. The molecule has 1 saturated heterocycles. The van der Waals surface area contributed by atoms with Crippen LogP contribution in [0.25, 0.3) is 0 Å². The van der Waals surface area contributed by atoms with E-state index in [0.717, 1.165) is 5.57 Å². The average Bonchev–Trinajstić information content (AvgIpc) is 2.25. The summed E-state index contributed by atoms with van der Waals surface area (Å²) in [7, 11) is 0. The van der Waals surface area contributed by atoms with Gasteiger partial charge in [0.25, 0.3) is 0 Å². The molecule has 2 aliphatic heterocycles. The Hall–Kier alpha value is -1.01. The SMILES string of the molecule is CC1=C(C(=O)O)N2C(=O)C(N)[C@H]2SC1C(C)(C)C. The van der Waals surface area contributed by atoms with Crippen molar-refractivity contribution >= 4 is 23.6 Å². The van der Waals surface area contributed by atoms with Crippen LogP contribution in [0.15, 0.2) is 11.3 Å². The minimum Gasteiger partial charge on any atom is -0.477 e. The third-order valence-corrected chi connectivity index (χ3v) is 5.47. The van der Waals surface area contributed by atoms with Crippen molar-refractivity contribution in [3.05, 3.63) is 11.3 Å². The summed E-state index contributed by atoms with van der Waals surface area (Å²) in [6, 6.07) is -0.581. The Morgan fingerprint density at radius 3 is 2.44 bits per heavy atom. The summed E-state index contributed by atoms with van der Waals surface area (Å²) in [5, 5.41) is 9.14. The number of thioether (sulfide) groups is 1. The molecule has 0 saturated carbocycles. The van der Waals surface area contributed by atoms with E-state index in [0.29, 0.717) is 0 Å². The van der Waals surface area contributed by atoms with Gasteiger partial charge >= 0.3 is 5.97 Å². The van der Waals surface area contributed by atoms with E-state index in [1.165, 1.54) is 4.90 Å². The lowest BCUT2D eigenvalue weighted by Crippen LogP contribution is -2.69. The fourth-order valence-electron chi connectivity index (χ4n) is 2.55. The molecule has 100 valence electrons. The second-order valence-corrected chi connectivity index (χ2v) is 7.07. The van der Waals surface area contributed by atoms with Crippen molar-refractivity contribution in [3.63, 3.8) is 0 Å². The summed E-state index contributed by atoms with van der Waals surface area (Å²) in [5.74, 6) is -1.34. The lowest BCUT2D eigenvalue weighted by Gasteiger charge is -2.52. The van der Waals surface area contributed by atoms with Crippen LogP contribution in [-0.2, 0) is 9.59 Å². The standard InChI is InChI=1S/C12H18N2O3S/c1-5-7(11(16)17)14-9(15)6(13)10(14)18-8(5)12(2,3)4/h6,8,10H,13H2,1-4H3,(H,16,17)/t6?,8?,10-/m1/s1. The normalized spacial score (nSPS) is 32.2. The van der Waals surface area contributed by atoms with E-state index in [2.05, 4.69) is 20.8 Å². The molecule has 5 nitrogen and oxygen atoms in total. The molecule has 3 N–H and O–H groups in total. The van der Waals surface area contributed by atoms with E-state index in [1.54, 1.807) is 18.7 Å². The highest BCUT2D eigenvalue weighted by atomic mass is 32.2. The number of carboxylic acids is 1. The van der Waals surface area contributed by atoms with Crippen molar-refractivity contribution in [2.45, 2.75) is 44.4 Å². The number of nitrogens with two attached hydrogens (primary N) is 1. The zero-order valence-electron chi connectivity index (χ0n) is 10.9. The van der Waals surface area contributed by atoms with Crippen LogP contribution >= 0.6 is 11.8 Å². The lowest BCUT2D eigenvalue weighted by atomic mass is 9.86. The number of carboxylic acid groups (broad SMARTS) is 1. The number of carbonyl (C=O) groups is 2. The number of carbonyl (C=O) groups excluding carboxylic acids is 1. The van der Waals surface area contributed by atoms with Crippen LogP contribution in [0.2, 0.25) is 0 Å². The van der Waals surface area contributed by atoms with Gasteiger partial charge in [-0.3, -0.25) is 9.69 Å². The third-order valence-electron chi connectivity index (χ3n) is 3.36. The van der Waals surface area contributed by atoms with Crippen molar-refractivity contribution in [3.8, 4) is 0 Å². The monoisotopic (exact) mass is 270 g/mol. The molecule has 6 heteroatoms. The second-order valence-electron chi connectivity index (χ2n) is 5.84. The van der Waals surface area contributed by atoms with Gasteiger partial charge in [0.15, 0.2) is 0 Å². The van der Waals surface area contributed by atoms with E-state index in [-0.39, 0.29) is 27.6 Å². The maximum atomic E-state index is 11.7. The number of fused-ring (bicyclic) bond motifs is 1. The molecule has 2 rings (SSSR count). The summed E-state index contributed by atoms with van der Waals surface area (Å²) in [4.78, 5) is 24.4. The van der Waals surface area contributed by atoms with E-state index in [9.17, 15) is 14.7 Å². The number of hydrogen-bond donors (Lipinski definition) is 2. The van der Waals surface area contributed by atoms with Gasteiger partial charge in [0.05, 0.1) is 0 Å². The molecule has 0 spiro atoms. The highest BCUT2D eigenvalue weighted by Crippen LogP contribution is 2.48. The Morgan fingerprint density at radius 1 is 1.44 bits per heavy atom. The third kappa shape index (κ3) is 1.75. The predicted octanol–water partition coefficient (Wildman–Crippen LogP) is 1.00. The molecule has 1 amide bonds. The number of aliphatic carboxylic acids is 1. The van der Waals surface area contributed by atoms with Crippen molar-refractivity contribution in [1.82, 2.24) is 4.90 Å². The summed E-state index contributed by atoms with van der Waals surface area (Å²) in [6.07, 6.45) is 0. The fourth-order valence-corrected chi connectivity index (χ4v) is 4.17. The van der Waals surface area contributed by atoms with Gasteiger partial charge in [0.1, 0.15) is 17.1 Å². The van der Waals surface area contributed by atoms with Crippen molar-refractivity contribution in [2.24, 2.45) is 11.1 Å². The first-order valence-corrected chi connectivity index (χ1v) is 6.78. The Balaban J connectivity index is 2.48. The van der Waals surface area contributed by atoms with E-state index in [4.69, 9.17) is 5.73 Å². The molecule has 2 heterocycles. The van der Waals surface area contributed by atoms with Gasteiger partial charge in [0.2, 0.25) is 5.91 Å². The first kappa shape index (κ1) is 13.4. The van der Waals surface area contributed by atoms with Crippen LogP contribution in [0, 0.1) is 5.41 Å². The number of β-lactam (4-membered cyclic amide) rings is 1. The maximum Gasteiger partial charge on any atom is 0.352 e. The Morgan fingerprint density at radius 2 is 2.00 bits per heavy atom. The Bertz CT molecular complexity index is 453. The van der Waals surface area contributed by atoms with Gasteiger partial charge in [-0.25, -0.2) is 4.79 Å². The topological polar surface area (TPSA) is 83.6 Å². The second kappa shape index (κ2) is 3.99. The zero-order valence-corrected chi connectivity index (χ0v) is 11.7. The molecule has 2 aliphatic rings. The van der Waals surface area contributed by atoms with E-state index in [1.807, 2.05) is 0 Å². The van der Waals surface area contributed by atoms with Crippen LogP contribution < -0.4 is 5.73 Å². The van der Waals surface area contributed by atoms with Crippen molar-refractivity contribution in [2.75, 3.05) is 0 Å². The van der Waals surface area contributed by atoms with Crippen LogP contribution in [0.3, 0.4) is 0 Å². The first-order chi connectivity index (χ1) is 8.16. The molecular formula is C12H18N2O3S. The van der Waals surface area contributed by atoms with E-state index >= 15 is 0 Å². The Labute approximate surface area is 110 Å². The quantitative estimate of drug-likeness (QED) is 0.695. The molecule has 0 aromatic carbocycles. The first-order valence-electron chi connectivity index (χ1n) is 5.84. The molecule has 1 fully saturated rings. The van der Waals surface area contributed by atoms with Gasteiger partial charge in [-0.1, -0.05) is 20.8 Å². The predicted molar refractivity (Wildman–Crippen MR) is 69.8 cm³/mol. The maximum absolute atomic E-state index is 11.7. The largest absolute Gasteiger partial charge is 0.477 e. The summed E-state index contributed by atoms with van der Waals surface area (Å²) < 4.78 is 0. The summed E-state index contributed by atoms with van der Waals surface area (Å²) >= 11 is 1.59. The molecule has 0 aromatic rings. The van der Waals surface area contributed by atoms with Crippen LogP contribution in [0.1, 0.15) is 27.7 Å². The molecule has 2 unspecified atom stereocenters. The summed E-state index contributed by atoms with van der Waals surface area (Å²) in [6.45, 7) is 7.99. The molecule has 0 aromatic heterocycles. The van der Waals surface area contributed by atoms with Gasteiger partial charge in [-0.2, -0.15) is 0 Å². The minimum atomic E-state index is -1.05. The minimum absolute atomic E-state index is 0.0593. The highest BCUT2D eigenvalue weighted by molar-refractivity contribution is 8.01. The smallest absolute Gasteiger partial charge is 0.352 e. The number of nitrogens with zero attached hydrogens (tertiary/aromatic N) is 1. The van der Waals surface area contributed by atoms with Gasteiger partial charge in [-0.15, -0.1) is 11.8 Å². The van der Waals surface area contributed by atoms with Crippen LogP contribution in [0.4, 0.5) is 0 Å². The molecule has 0 aliphatic carbocycles. The van der Waals surface area contributed by atoms with Crippen LogP contribution in [-0.4, -0.2) is 38.5 Å². The lowest BCUT2D eigenvalue weighted by molar-refractivity contribution is -0.148. The molecule has 0 bridgehead atoms. The molecule has 0 radical (unpaired) electrons. The van der Waals surface area contributed by atoms with Crippen molar-refractivity contribution in [1.29, 1.82) is 0 Å². The van der Waals surface area contributed by atoms with Gasteiger partial charge in [-0.05, 0) is 17.9 Å². The Kier molecular flexibility index (Phi) is 2.98. The molecule has 3 atom stereocenters. The van der Waals surface area contributed by atoms with Gasteiger partial charge < -0.3 is 10.8 Å². The van der Waals surface area contributed by atoms with E-state index < -0.39 is 12.0 Å². The molecule has 18 heavy (non-hydrogen) atoms. The fraction of sp³-hybridized carbons (Fsp3) is 0.667.